The van der Waals surface area contributed by atoms with E-state index >= 15 is 0 Å². The number of rotatable bonds is 2. The van der Waals surface area contributed by atoms with Crippen LogP contribution in [0, 0.1) is 6.92 Å². The zero-order valence-corrected chi connectivity index (χ0v) is 11.9. The highest BCUT2D eigenvalue weighted by Gasteiger charge is 2.24. The molecule has 1 N–H and O–H groups in total. The van der Waals surface area contributed by atoms with E-state index in [1.54, 1.807) is 0 Å². The van der Waals surface area contributed by atoms with E-state index in [1.807, 2.05) is 36.1 Å². The molecule has 0 aromatic heterocycles. The third-order valence-electron chi connectivity index (χ3n) is 3.59. The van der Waals surface area contributed by atoms with Gasteiger partial charge in [0.25, 0.3) is 5.91 Å². The summed E-state index contributed by atoms with van der Waals surface area (Å²) in [7, 11) is 1.35. The highest BCUT2D eigenvalue weighted by Crippen LogP contribution is 2.14. The molecule has 1 fully saturated rings. The highest BCUT2D eigenvalue weighted by atomic mass is 16.5. The number of carbonyl (C=O) groups is 2. The van der Waals surface area contributed by atoms with E-state index in [9.17, 15) is 9.59 Å². The van der Waals surface area contributed by atoms with Crippen LogP contribution in [-0.4, -0.2) is 43.1 Å². The molecule has 0 spiro atoms. The summed E-state index contributed by atoms with van der Waals surface area (Å²) in [5.41, 5.74) is 1.86. The molecular weight excluding hydrogens is 256 g/mol. The lowest BCUT2D eigenvalue weighted by Crippen LogP contribution is -2.46. The predicted molar refractivity (Wildman–Crippen MR) is 75.6 cm³/mol. The van der Waals surface area contributed by atoms with Crippen LogP contribution in [0.5, 0.6) is 0 Å². The Labute approximate surface area is 118 Å². The summed E-state index contributed by atoms with van der Waals surface area (Å²) in [4.78, 5) is 25.3. The van der Waals surface area contributed by atoms with Gasteiger partial charge in [-0.2, -0.15) is 0 Å². The molecule has 0 atom stereocenters. The van der Waals surface area contributed by atoms with E-state index in [2.05, 4.69) is 10.1 Å². The first kappa shape index (κ1) is 14.4. The Morgan fingerprint density at radius 1 is 1.20 bits per heavy atom. The summed E-state index contributed by atoms with van der Waals surface area (Å²) in [6.07, 6.45) is 1.10. The van der Waals surface area contributed by atoms with E-state index < -0.39 is 6.09 Å². The fourth-order valence-corrected chi connectivity index (χ4v) is 2.33. The molecule has 1 aromatic rings. The number of piperidine rings is 1. The molecule has 108 valence electrons. The summed E-state index contributed by atoms with van der Waals surface area (Å²) in [5, 5.41) is 2.78. The molecule has 0 unspecified atom stereocenters. The van der Waals surface area contributed by atoms with E-state index in [0.29, 0.717) is 13.1 Å². The Bertz CT molecular complexity index is 476. The molecule has 1 aromatic carbocycles. The number of benzene rings is 1. The minimum absolute atomic E-state index is 0.0570. The minimum atomic E-state index is -0.409. The minimum Gasteiger partial charge on any atom is -0.453 e. The van der Waals surface area contributed by atoms with Crippen LogP contribution in [-0.2, 0) is 4.74 Å². The van der Waals surface area contributed by atoms with E-state index in [4.69, 9.17) is 0 Å². The largest absolute Gasteiger partial charge is 0.453 e. The van der Waals surface area contributed by atoms with Gasteiger partial charge in [0.1, 0.15) is 0 Å². The topological polar surface area (TPSA) is 58.6 Å². The number of nitrogens with one attached hydrogen (secondary N) is 1. The Kier molecular flexibility index (Phi) is 4.61. The smallest absolute Gasteiger partial charge is 0.407 e. The number of ether oxygens (including phenoxy) is 1. The summed E-state index contributed by atoms with van der Waals surface area (Å²) in [6, 6.07) is 7.69. The number of alkyl carbamates (subject to hydrolysis) is 1. The quantitative estimate of drug-likeness (QED) is 0.898. The molecule has 1 aliphatic rings. The van der Waals surface area contributed by atoms with Gasteiger partial charge < -0.3 is 15.0 Å². The molecule has 5 heteroatoms. The summed E-state index contributed by atoms with van der Waals surface area (Å²) < 4.78 is 4.58. The number of carbonyl (C=O) groups excluding carboxylic acids is 2. The van der Waals surface area contributed by atoms with Crippen molar-refractivity contribution in [1.29, 1.82) is 0 Å². The molecular formula is C15H20N2O3. The SMILES string of the molecule is COC(=O)NC1CCN(C(=O)c2ccc(C)cc2)CC1. The molecule has 0 bridgehead atoms. The first-order chi connectivity index (χ1) is 9.60. The van der Waals surface area contributed by atoms with Crippen molar-refractivity contribution in [3.8, 4) is 0 Å². The standard InChI is InChI=1S/C15H20N2O3/c1-11-3-5-12(6-4-11)14(18)17-9-7-13(8-10-17)16-15(19)20-2/h3-6,13H,7-10H2,1-2H3,(H,16,19). The lowest BCUT2D eigenvalue weighted by molar-refractivity contribution is 0.0704. The Balaban J connectivity index is 1.88. The molecule has 1 saturated heterocycles. The summed E-state index contributed by atoms with van der Waals surface area (Å²) in [6.45, 7) is 3.31. The number of aryl methyl sites for hydroxylation is 1. The fourth-order valence-electron chi connectivity index (χ4n) is 2.33. The van der Waals surface area contributed by atoms with E-state index in [0.717, 1.165) is 24.0 Å². The van der Waals surface area contributed by atoms with Crippen LogP contribution in [0.1, 0.15) is 28.8 Å². The fraction of sp³-hybridized carbons (Fsp3) is 0.467. The second-order valence-corrected chi connectivity index (χ2v) is 5.07. The van der Waals surface area contributed by atoms with Crippen molar-refractivity contribution < 1.29 is 14.3 Å². The molecule has 1 aliphatic heterocycles. The molecule has 2 amide bonds. The second kappa shape index (κ2) is 6.41. The molecule has 2 rings (SSSR count). The van der Waals surface area contributed by atoms with Crippen molar-refractivity contribution in [1.82, 2.24) is 10.2 Å². The molecule has 1 heterocycles. The molecule has 20 heavy (non-hydrogen) atoms. The Morgan fingerprint density at radius 2 is 1.80 bits per heavy atom. The predicted octanol–water partition coefficient (Wildman–Crippen LogP) is 1.96. The van der Waals surface area contributed by atoms with Gasteiger partial charge in [0.15, 0.2) is 0 Å². The van der Waals surface area contributed by atoms with Crippen LogP contribution < -0.4 is 5.32 Å². The normalized spacial score (nSPS) is 15.8. The van der Waals surface area contributed by atoms with Gasteiger partial charge in [0.2, 0.25) is 0 Å². The maximum absolute atomic E-state index is 12.3. The third-order valence-corrected chi connectivity index (χ3v) is 3.59. The lowest BCUT2D eigenvalue weighted by atomic mass is 10.0. The zero-order valence-electron chi connectivity index (χ0n) is 11.9. The van der Waals surface area contributed by atoms with Crippen LogP contribution in [0.4, 0.5) is 4.79 Å². The highest BCUT2D eigenvalue weighted by molar-refractivity contribution is 5.94. The van der Waals surface area contributed by atoms with Crippen LogP contribution >= 0.6 is 0 Å². The second-order valence-electron chi connectivity index (χ2n) is 5.07. The van der Waals surface area contributed by atoms with Crippen LogP contribution in [0.3, 0.4) is 0 Å². The van der Waals surface area contributed by atoms with Crippen LogP contribution in [0.25, 0.3) is 0 Å². The number of likely N-dealkylation sites (tertiary alicyclic amines) is 1. The van der Waals surface area contributed by atoms with E-state index in [-0.39, 0.29) is 11.9 Å². The van der Waals surface area contributed by atoms with Crippen LogP contribution in [0.2, 0.25) is 0 Å². The average Bonchev–Trinajstić information content (AvgIpc) is 2.48. The number of amides is 2. The Morgan fingerprint density at radius 3 is 2.35 bits per heavy atom. The molecule has 0 saturated carbocycles. The number of hydrogen-bond donors (Lipinski definition) is 1. The van der Waals surface area contributed by atoms with Crippen molar-refractivity contribution in [3.63, 3.8) is 0 Å². The number of methoxy groups -OCH3 is 1. The number of nitrogens with zero attached hydrogens (tertiary/aromatic N) is 1. The maximum Gasteiger partial charge on any atom is 0.407 e. The van der Waals surface area contributed by atoms with E-state index in [1.165, 1.54) is 7.11 Å². The van der Waals surface area contributed by atoms with Crippen molar-refractivity contribution in [3.05, 3.63) is 35.4 Å². The first-order valence-electron chi connectivity index (χ1n) is 6.80. The maximum atomic E-state index is 12.3. The third kappa shape index (κ3) is 3.50. The van der Waals surface area contributed by atoms with Gasteiger partial charge in [0.05, 0.1) is 7.11 Å². The summed E-state index contributed by atoms with van der Waals surface area (Å²) in [5.74, 6) is 0.0570. The van der Waals surface area contributed by atoms with Gasteiger partial charge in [-0.25, -0.2) is 4.79 Å². The van der Waals surface area contributed by atoms with Crippen molar-refractivity contribution in [2.45, 2.75) is 25.8 Å². The van der Waals surface area contributed by atoms with Crippen LogP contribution in [0.15, 0.2) is 24.3 Å². The Hall–Kier alpha value is -2.04. The monoisotopic (exact) mass is 276 g/mol. The summed E-state index contributed by atoms with van der Waals surface area (Å²) >= 11 is 0. The molecule has 0 radical (unpaired) electrons. The van der Waals surface area contributed by atoms with Gasteiger partial charge in [0, 0.05) is 24.7 Å². The van der Waals surface area contributed by atoms with Gasteiger partial charge >= 0.3 is 6.09 Å². The van der Waals surface area contributed by atoms with Gasteiger partial charge in [-0.3, -0.25) is 4.79 Å². The first-order valence-corrected chi connectivity index (χ1v) is 6.80. The molecule has 0 aliphatic carbocycles. The molecule has 5 nitrogen and oxygen atoms in total. The van der Waals surface area contributed by atoms with Gasteiger partial charge in [-0.05, 0) is 31.9 Å². The average molecular weight is 276 g/mol. The van der Waals surface area contributed by atoms with Crippen molar-refractivity contribution in [2.75, 3.05) is 20.2 Å². The zero-order chi connectivity index (χ0) is 14.5. The van der Waals surface area contributed by atoms with Gasteiger partial charge in [-0.1, -0.05) is 17.7 Å². The van der Waals surface area contributed by atoms with Crippen molar-refractivity contribution >= 4 is 12.0 Å². The number of hydrogen-bond acceptors (Lipinski definition) is 3. The lowest BCUT2D eigenvalue weighted by Gasteiger charge is -2.32. The van der Waals surface area contributed by atoms with Gasteiger partial charge in [-0.15, -0.1) is 0 Å². The van der Waals surface area contributed by atoms with Crippen molar-refractivity contribution in [2.24, 2.45) is 0 Å².